The van der Waals surface area contributed by atoms with Crippen LogP contribution in [-0.2, 0) is 11.8 Å². The van der Waals surface area contributed by atoms with Crippen molar-refractivity contribution < 1.29 is 4.74 Å². The molecular weight excluding hydrogens is 228 g/mol. The molecule has 0 aliphatic rings. The van der Waals surface area contributed by atoms with Crippen molar-refractivity contribution in [1.82, 2.24) is 14.7 Å². The van der Waals surface area contributed by atoms with E-state index in [-0.39, 0.29) is 6.04 Å². The van der Waals surface area contributed by atoms with Crippen molar-refractivity contribution in [1.29, 1.82) is 0 Å². The van der Waals surface area contributed by atoms with Crippen LogP contribution in [0.1, 0.15) is 31.1 Å². The SMILES string of the molecule is CCOCCN(CC)C(CN)c1cnn(C)c1C. The molecule has 0 amide bonds. The van der Waals surface area contributed by atoms with Gasteiger partial charge in [-0.1, -0.05) is 6.92 Å². The fourth-order valence-electron chi connectivity index (χ4n) is 2.18. The van der Waals surface area contributed by atoms with Crippen LogP contribution in [0, 0.1) is 6.92 Å². The van der Waals surface area contributed by atoms with Gasteiger partial charge in [0.1, 0.15) is 0 Å². The zero-order valence-corrected chi connectivity index (χ0v) is 12.0. The molecule has 1 unspecified atom stereocenters. The van der Waals surface area contributed by atoms with E-state index in [1.54, 1.807) is 0 Å². The first kappa shape index (κ1) is 15.1. The average Bonchev–Trinajstić information content (AvgIpc) is 2.70. The summed E-state index contributed by atoms with van der Waals surface area (Å²) in [6, 6.07) is 0.226. The van der Waals surface area contributed by atoms with Gasteiger partial charge in [0, 0.05) is 38.0 Å². The van der Waals surface area contributed by atoms with E-state index >= 15 is 0 Å². The Morgan fingerprint density at radius 3 is 2.67 bits per heavy atom. The number of hydrogen-bond acceptors (Lipinski definition) is 4. The van der Waals surface area contributed by atoms with Crippen molar-refractivity contribution in [3.8, 4) is 0 Å². The van der Waals surface area contributed by atoms with Crippen molar-refractivity contribution in [2.75, 3.05) is 32.8 Å². The lowest BCUT2D eigenvalue weighted by atomic mass is 10.1. The monoisotopic (exact) mass is 254 g/mol. The minimum atomic E-state index is 0.226. The third kappa shape index (κ3) is 3.54. The first-order valence-corrected chi connectivity index (χ1v) is 6.66. The van der Waals surface area contributed by atoms with Crippen LogP contribution < -0.4 is 5.73 Å². The van der Waals surface area contributed by atoms with Gasteiger partial charge in [-0.2, -0.15) is 5.10 Å². The highest BCUT2D eigenvalue weighted by atomic mass is 16.5. The molecule has 0 aliphatic heterocycles. The molecule has 5 nitrogen and oxygen atoms in total. The lowest BCUT2D eigenvalue weighted by Gasteiger charge is -2.29. The molecule has 1 aromatic rings. The molecule has 2 N–H and O–H groups in total. The summed E-state index contributed by atoms with van der Waals surface area (Å²) in [5, 5.41) is 4.30. The number of nitrogens with two attached hydrogens (primary N) is 1. The van der Waals surface area contributed by atoms with Gasteiger partial charge >= 0.3 is 0 Å². The number of hydrogen-bond donors (Lipinski definition) is 1. The number of ether oxygens (including phenoxy) is 1. The standard InChI is InChI=1S/C13H26N4O/c1-5-17(7-8-18-6-2)13(9-14)12-10-15-16(4)11(12)3/h10,13H,5-9,14H2,1-4H3. The quantitative estimate of drug-likeness (QED) is 0.706. The third-order valence-corrected chi connectivity index (χ3v) is 3.43. The van der Waals surface area contributed by atoms with E-state index in [1.807, 2.05) is 24.9 Å². The molecule has 18 heavy (non-hydrogen) atoms. The van der Waals surface area contributed by atoms with Crippen molar-refractivity contribution in [2.45, 2.75) is 26.8 Å². The maximum Gasteiger partial charge on any atom is 0.0593 e. The normalized spacial score (nSPS) is 13.2. The Bertz CT molecular complexity index is 351. The fourth-order valence-corrected chi connectivity index (χ4v) is 2.18. The van der Waals surface area contributed by atoms with E-state index in [9.17, 15) is 0 Å². The Morgan fingerprint density at radius 1 is 1.50 bits per heavy atom. The number of aryl methyl sites for hydroxylation is 1. The molecule has 0 saturated heterocycles. The average molecular weight is 254 g/mol. The largest absolute Gasteiger partial charge is 0.380 e. The topological polar surface area (TPSA) is 56.3 Å². The molecule has 5 heteroatoms. The van der Waals surface area contributed by atoms with Crippen LogP contribution in [0.2, 0.25) is 0 Å². The Balaban J connectivity index is 2.76. The second-order valence-corrected chi connectivity index (χ2v) is 4.39. The zero-order valence-electron chi connectivity index (χ0n) is 12.0. The Hall–Kier alpha value is -0.910. The molecule has 0 spiro atoms. The summed E-state index contributed by atoms with van der Waals surface area (Å²) in [4.78, 5) is 2.35. The van der Waals surface area contributed by atoms with Crippen LogP contribution in [0.25, 0.3) is 0 Å². The van der Waals surface area contributed by atoms with Crippen molar-refractivity contribution in [3.05, 3.63) is 17.5 Å². The molecule has 0 radical (unpaired) electrons. The van der Waals surface area contributed by atoms with Gasteiger partial charge in [-0.25, -0.2) is 0 Å². The van der Waals surface area contributed by atoms with Gasteiger partial charge < -0.3 is 10.5 Å². The second-order valence-electron chi connectivity index (χ2n) is 4.39. The summed E-state index contributed by atoms with van der Waals surface area (Å²) in [7, 11) is 1.96. The van der Waals surface area contributed by atoms with E-state index in [1.165, 1.54) is 11.3 Å². The van der Waals surface area contributed by atoms with Gasteiger partial charge in [0.05, 0.1) is 18.8 Å². The van der Waals surface area contributed by atoms with Gasteiger partial charge in [0.15, 0.2) is 0 Å². The fraction of sp³-hybridized carbons (Fsp3) is 0.769. The summed E-state index contributed by atoms with van der Waals surface area (Å²) in [5.41, 5.74) is 8.35. The summed E-state index contributed by atoms with van der Waals surface area (Å²) < 4.78 is 7.33. The van der Waals surface area contributed by atoms with Crippen molar-refractivity contribution >= 4 is 0 Å². The molecule has 0 aromatic carbocycles. The minimum absolute atomic E-state index is 0.226. The molecule has 1 atom stereocenters. The smallest absolute Gasteiger partial charge is 0.0593 e. The lowest BCUT2D eigenvalue weighted by molar-refractivity contribution is 0.0979. The van der Waals surface area contributed by atoms with Crippen molar-refractivity contribution in [3.63, 3.8) is 0 Å². The second kappa shape index (κ2) is 7.51. The molecule has 1 aromatic heterocycles. The maximum absolute atomic E-state index is 5.94. The molecule has 1 rings (SSSR count). The van der Waals surface area contributed by atoms with Crippen LogP contribution in [0.3, 0.4) is 0 Å². The summed E-state index contributed by atoms with van der Waals surface area (Å²) in [6.45, 7) is 10.2. The number of likely N-dealkylation sites (N-methyl/N-ethyl adjacent to an activating group) is 1. The van der Waals surface area contributed by atoms with Gasteiger partial charge in [-0.15, -0.1) is 0 Å². The van der Waals surface area contributed by atoms with Crippen molar-refractivity contribution in [2.24, 2.45) is 12.8 Å². The lowest BCUT2D eigenvalue weighted by Crippen LogP contribution is -2.36. The van der Waals surface area contributed by atoms with Gasteiger partial charge in [0.2, 0.25) is 0 Å². The van der Waals surface area contributed by atoms with E-state index < -0.39 is 0 Å². The number of aromatic nitrogens is 2. The third-order valence-electron chi connectivity index (χ3n) is 3.43. The summed E-state index contributed by atoms with van der Waals surface area (Å²) in [6.07, 6.45) is 1.93. The van der Waals surface area contributed by atoms with E-state index in [2.05, 4.69) is 23.8 Å². The highest BCUT2D eigenvalue weighted by molar-refractivity contribution is 5.21. The van der Waals surface area contributed by atoms with Crippen LogP contribution in [0.4, 0.5) is 0 Å². The van der Waals surface area contributed by atoms with Gasteiger partial charge in [-0.05, 0) is 20.4 Å². The highest BCUT2D eigenvalue weighted by Crippen LogP contribution is 2.22. The zero-order chi connectivity index (χ0) is 13.5. The van der Waals surface area contributed by atoms with Crippen LogP contribution in [-0.4, -0.2) is 47.5 Å². The molecule has 0 aliphatic carbocycles. The van der Waals surface area contributed by atoms with Gasteiger partial charge in [0.25, 0.3) is 0 Å². The van der Waals surface area contributed by atoms with E-state index in [0.717, 1.165) is 26.3 Å². The molecule has 104 valence electrons. The van der Waals surface area contributed by atoms with Crippen LogP contribution in [0.15, 0.2) is 6.20 Å². The number of rotatable bonds is 8. The summed E-state index contributed by atoms with van der Waals surface area (Å²) >= 11 is 0. The van der Waals surface area contributed by atoms with Gasteiger partial charge in [-0.3, -0.25) is 9.58 Å². The first-order chi connectivity index (χ1) is 8.65. The number of nitrogens with zero attached hydrogens (tertiary/aromatic N) is 3. The molecular formula is C13H26N4O. The summed E-state index contributed by atoms with van der Waals surface area (Å²) in [5.74, 6) is 0. The molecule has 0 saturated carbocycles. The highest BCUT2D eigenvalue weighted by Gasteiger charge is 2.21. The van der Waals surface area contributed by atoms with E-state index in [0.29, 0.717) is 6.54 Å². The molecule has 0 bridgehead atoms. The van der Waals surface area contributed by atoms with Crippen LogP contribution in [0.5, 0.6) is 0 Å². The Kier molecular flexibility index (Phi) is 6.32. The minimum Gasteiger partial charge on any atom is -0.380 e. The van der Waals surface area contributed by atoms with E-state index in [4.69, 9.17) is 10.5 Å². The molecule has 1 heterocycles. The predicted octanol–water partition coefficient (Wildman–Crippen LogP) is 1.09. The Morgan fingerprint density at radius 2 is 2.22 bits per heavy atom. The predicted molar refractivity (Wildman–Crippen MR) is 73.5 cm³/mol. The Labute approximate surface area is 110 Å². The van der Waals surface area contributed by atoms with Crippen LogP contribution >= 0.6 is 0 Å². The molecule has 0 fully saturated rings. The maximum atomic E-state index is 5.94. The first-order valence-electron chi connectivity index (χ1n) is 6.66.